The molecule has 2 unspecified atom stereocenters. The molecule has 0 saturated carbocycles. The van der Waals surface area contributed by atoms with Gasteiger partial charge in [0.15, 0.2) is 17.5 Å². The minimum atomic E-state index is -0.227. The smallest absolute Gasteiger partial charge is 0.167 e. The van der Waals surface area contributed by atoms with Gasteiger partial charge in [0.2, 0.25) is 0 Å². The molecule has 2 aliphatic rings. The van der Waals surface area contributed by atoms with Gasteiger partial charge in [0.25, 0.3) is 0 Å². The third-order valence-electron chi connectivity index (χ3n) is 11.4. The van der Waals surface area contributed by atoms with Crippen LogP contribution < -0.4 is 4.74 Å². The Hall–Kier alpha value is -7.57. The highest BCUT2D eigenvalue weighted by Gasteiger charge is 2.41. The van der Waals surface area contributed by atoms with Crippen LogP contribution in [0.3, 0.4) is 0 Å². The van der Waals surface area contributed by atoms with Crippen LogP contribution in [0.25, 0.3) is 89.9 Å². The molecule has 268 valence electrons. The molecule has 6 nitrogen and oxygen atoms in total. The van der Waals surface area contributed by atoms with Crippen molar-refractivity contribution in [3.63, 3.8) is 0 Å². The van der Waals surface area contributed by atoms with Gasteiger partial charge in [-0.25, -0.2) is 15.0 Å². The second-order valence-electron chi connectivity index (χ2n) is 14.7. The molecule has 2 atom stereocenters. The van der Waals surface area contributed by atoms with Gasteiger partial charge >= 0.3 is 0 Å². The highest BCUT2D eigenvalue weighted by atomic mass is 16.5. The van der Waals surface area contributed by atoms with E-state index in [-0.39, 0.29) is 12.0 Å². The number of furan rings is 1. The Morgan fingerprint density at radius 2 is 1.18 bits per heavy atom. The zero-order valence-electron chi connectivity index (χ0n) is 30.6. The van der Waals surface area contributed by atoms with Crippen molar-refractivity contribution in [1.82, 2.24) is 19.5 Å². The molecule has 12 rings (SSSR count). The zero-order chi connectivity index (χ0) is 37.5. The summed E-state index contributed by atoms with van der Waals surface area (Å²) in [4.78, 5) is 15.3. The molecule has 6 heteroatoms. The average Bonchev–Trinajstić information content (AvgIpc) is 3.96. The summed E-state index contributed by atoms with van der Waals surface area (Å²) in [7, 11) is 0. The number of fused-ring (bicyclic) bond motifs is 10. The first kappa shape index (κ1) is 31.7. The number of ether oxygens (including phenoxy) is 1. The first-order valence-electron chi connectivity index (χ1n) is 19.3. The van der Waals surface area contributed by atoms with Crippen molar-refractivity contribution < 1.29 is 9.15 Å². The molecule has 0 saturated heterocycles. The Morgan fingerprint density at radius 3 is 2.04 bits per heavy atom. The molecule has 4 heterocycles. The lowest BCUT2D eigenvalue weighted by Gasteiger charge is -2.22. The molecule has 0 N–H and O–H groups in total. The van der Waals surface area contributed by atoms with Gasteiger partial charge in [-0.3, -0.25) is 0 Å². The maximum Gasteiger partial charge on any atom is 0.167 e. The number of hydrogen-bond donors (Lipinski definition) is 0. The summed E-state index contributed by atoms with van der Waals surface area (Å²) in [6, 6.07) is 58.7. The minimum absolute atomic E-state index is 0.0211. The normalized spacial score (nSPS) is 15.4. The number of aromatic nitrogens is 4. The third kappa shape index (κ3) is 5.00. The monoisotopic (exact) mass is 732 g/mol. The quantitative estimate of drug-likeness (QED) is 0.176. The van der Waals surface area contributed by atoms with E-state index in [1.54, 1.807) is 0 Å². The van der Waals surface area contributed by atoms with Crippen molar-refractivity contribution in [2.75, 3.05) is 0 Å². The standard InChI is InChI=1S/C51H32N4O2/c1-3-13-31(14-4-1)33-17-11-18-35(29-33)55-42-23-9-7-20-40(42)46-43(55)28-27-39-38-21-12-22-41(47(38)57-48(39)46)51-53-49(32-15-5-2-6-16-32)52-50(54-51)34-25-26-37-36-19-8-10-24-44(36)56-45(37)30-34/h1-30,39,48H. The predicted molar refractivity (Wildman–Crippen MR) is 227 cm³/mol. The summed E-state index contributed by atoms with van der Waals surface area (Å²) < 4.78 is 15.8. The van der Waals surface area contributed by atoms with E-state index in [1.165, 1.54) is 22.1 Å². The van der Waals surface area contributed by atoms with E-state index >= 15 is 0 Å². The van der Waals surface area contributed by atoms with Crippen molar-refractivity contribution in [2.45, 2.75) is 12.0 Å². The van der Waals surface area contributed by atoms with Crippen LogP contribution in [-0.4, -0.2) is 19.5 Å². The van der Waals surface area contributed by atoms with Gasteiger partial charge in [-0.2, -0.15) is 0 Å². The van der Waals surface area contributed by atoms with Gasteiger partial charge in [-0.1, -0.05) is 133 Å². The topological polar surface area (TPSA) is 66.0 Å². The molecule has 3 aromatic heterocycles. The molecule has 0 amide bonds. The summed E-state index contributed by atoms with van der Waals surface area (Å²) in [6.07, 6.45) is 4.35. The van der Waals surface area contributed by atoms with E-state index in [0.717, 1.165) is 66.8 Å². The Kier molecular flexibility index (Phi) is 6.95. The van der Waals surface area contributed by atoms with Gasteiger partial charge in [0.05, 0.1) is 16.8 Å². The lowest BCUT2D eigenvalue weighted by molar-refractivity contribution is 0.225. The Balaban J connectivity index is 0.990. The fraction of sp³-hybridized carbons (Fsp3) is 0.0392. The number of nitrogens with zero attached hydrogens (tertiary/aromatic N) is 4. The van der Waals surface area contributed by atoms with E-state index in [0.29, 0.717) is 17.5 Å². The summed E-state index contributed by atoms with van der Waals surface area (Å²) in [6.45, 7) is 0. The summed E-state index contributed by atoms with van der Waals surface area (Å²) in [5.74, 6) is 2.54. The van der Waals surface area contributed by atoms with Crippen LogP contribution in [0.2, 0.25) is 0 Å². The molecule has 10 aromatic rings. The molecular formula is C51H32N4O2. The van der Waals surface area contributed by atoms with Crippen molar-refractivity contribution in [2.24, 2.45) is 0 Å². The molecular weight excluding hydrogens is 701 g/mol. The maximum atomic E-state index is 7.18. The van der Waals surface area contributed by atoms with Gasteiger partial charge in [-0.05, 0) is 59.7 Å². The Morgan fingerprint density at radius 1 is 0.491 bits per heavy atom. The highest BCUT2D eigenvalue weighted by Crippen LogP contribution is 2.55. The van der Waals surface area contributed by atoms with Gasteiger partial charge < -0.3 is 13.7 Å². The fourth-order valence-electron chi connectivity index (χ4n) is 8.81. The Bertz CT molecular complexity index is 3240. The molecule has 0 bridgehead atoms. The first-order chi connectivity index (χ1) is 28.2. The van der Waals surface area contributed by atoms with Gasteiger partial charge in [0.1, 0.15) is 23.0 Å². The molecule has 0 radical (unpaired) electrons. The minimum Gasteiger partial charge on any atom is -0.484 e. The predicted octanol–water partition coefficient (Wildman–Crippen LogP) is 12.6. The lowest BCUT2D eigenvalue weighted by Crippen LogP contribution is -2.13. The first-order valence-corrected chi connectivity index (χ1v) is 19.3. The zero-order valence-corrected chi connectivity index (χ0v) is 30.6. The maximum absolute atomic E-state index is 7.18. The number of benzene rings is 7. The molecule has 1 aliphatic heterocycles. The summed E-state index contributed by atoms with van der Waals surface area (Å²) in [5.41, 5.74) is 12.3. The number of rotatable bonds is 5. The van der Waals surface area contributed by atoms with Crippen molar-refractivity contribution in [1.29, 1.82) is 0 Å². The van der Waals surface area contributed by atoms with Crippen LogP contribution in [0.15, 0.2) is 180 Å². The van der Waals surface area contributed by atoms with Crippen LogP contribution in [0.1, 0.15) is 28.8 Å². The van der Waals surface area contributed by atoms with Crippen molar-refractivity contribution in [3.05, 3.63) is 193 Å². The molecule has 57 heavy (non-hydrogen) atoms. The van der Waals surface area contributed by atoms with Crippen LogP contribution in [0, 0.1) is 0 Å². The van der Waals surface area contributed by atoms with E-state index in [1.807, 2.05) is 54.6 Å². The van der Waals surface area contributed by atoms with Crippen molar-refractivity contribution in [3.8, 4) is 56.7 Å². The van der Waals surface area contributed by atoms with Gasteiger partial charge in [0, 0.05) is 50.0 Å². The average molecular weight is 733 g/mol. The highest BCUT2D eigenvalue weighted by molar-refractivity contribution is 6.05. The third-order valence-corrected chi connectivity index (χ3v) is 11.4. The van der Waals surface area contributed by atoms with Crippen LogP contribution in [-0.2, 0) is 0 Å². The molecule has 1 aliphatic carbocycles. The summed E-state index contributed by atoms with van der Waals surface area (Å²) in [5, 5.41) is 3.32. The largest absolute Gasteiger partial charge is 0.484 e. The number of para-hydroxylation sites is 3. The summed E-state index contributed by atoms with van der Waals surface area (Å²) >= 11 is 0. The van der Waals surface area contributed by atoms with E-state index in [9.17, 15) is 0 Å². The SMILES string of the molecule is C1=CC2c3cccc(-c4nc(-c5ccccc5)nc(-c5ccc6c(c5)oc5ccccc56)n4)c3OC2c2c1n(-c1cccc(-c3ccccc3)c1)c1ccccc21. The van der Waals surface area contributed by atoms with Crippen LogP contribution in [0.4, 0.5) is 0 Å². The van der Waals surface area contributed by atoms with Crippen LogP contribution >= 0.6 is 0 Å². The lowest BCUT2D eigenvalue weighted by atomic mass is 9.85. The second-order valence-corrected chi connectivity index (χ2v) is 14.7. The number of hydrogen-bond acceptors (Lipinski definition) is 5. The van der Waals surface area contributed by atoms with Gasteiger partial charge in [-0.15, -0.1) is 0 Å². The van der Waals surface area contributed by atoms with E-state index < -0.39 is 0 Å². The second kappa shape index (κ2) is 12.5. The molecule has 0 spiro atoms. The van der Waals surface area contributed by atoms with E-state index in [4.69, 9.17) is 24.1 Å². The van der Waals surface area contributed by atoms with Crippen LogP contribution in [0.5, 0.6) is 5.75 Å². The molecule has 7 aromatic carbocycles. The van der Waals surface area contributed by atoms with E-state index in [2.05, 4.69) is 132 Å². The van der Waals surface area contributed by atoms with Crippen molar-refractivity contribution >= 4 is 38.9 Å². The molecule has 0 fully saturated rings. The Labute approximate surface area is 328 Å². The fourth-order valence-corrected chi connectivity index (χ4v) is 8.81.